The van der Waals surface area contributed by atoms with Crippen molar-refractivity contribution in [3.05, 3.63) is 53.6 Å². The summed E-state index contributed by atoms with van der Waals surface area (Å²) in [5, 5.41) is 6.68. The van der Waals surface area contributed by atoms with E-state index >= 15 is 0 Å². The van der Waals surface area contributed by atoms with Gasteiger partial charge in [0, 0.05) is 32.3 Å². The van der Waals surface area contributed by atoms with Gasteiger partial charge in [0.15, 0.2) is 0 Å². The molecule has 8 nitrogen and oxygen atoms in total. The van der Waals surface area contributed by atoms with Crippen LogP contribution in [0.3, 0.4) is 0 Å². The highest BCUT2D eigenvalue weighted by atomic mass is 19.1. The molecule has 178 valence electrons. The monoisotopic (exact) mass is 457 g/mol. The van der Waals surface area contributed by atoms with Crippen LogP contribution in [0.5, 0.6) is 0 Å². The van der Waals surface area contributed by atoms with Gasteiger partial charge in [0.25, 0.3) is 0 Å². The van der Waals surface area contributed by atoms with Gasteiger partial charge in [-0.25, -0.2) is 14.2 Å². The maximum Gasteiger partial charge on any atom is 0.323 e. The molecule has 9 heteroatoms. The summed E-state index contributed by atoms with van der Waals surface area (Å²) in [6.45, 7) is 11.1. The molecule has 0 radical (unpaired) electrons. The van der Waals surface area contributed by atoms with Crippen molar-refractivity contribution in [1.29, 1.82) is 0 Å². The van der Waals surface area contributed by atoms with E-state index in [-0.39, 0.29) is 17.6 Å². The van der Waals surface area contributed by atoms with Crippen molar-refractivity contribution in [2.45, 2.75) is 59.2 Å². The molecule has 3 amide bonds. The number of urea groups is 1. The summed E-state index contributed by atoms with van der Waals surface area (Å²) in [5.41, 5.74) is 1.84. The second kappa shape index (κ2) is 10.3. The Labute approximate surface area is 194 Å². The van der Waals surface area contributed by atoms with Gasteiger partial charge in [0.2, 0.25) is 5.91 Å². The zero-order chi connectivity index (χ0) is 24.2. The highest BCUT2D eigenvalue weighted by molar-refractivity contribution is 5.99. The van der Waals surface area contributed by atoms with Gasteiger partial charge in [0.05, 0.1) is 29.2 Å². The van der Waals surface area contributed by atoms with Crippen LogP contribution in [0.25, 0.3) is 0 Å². The lowest BCUT2D eigenvalue weighted by Gasteiger charge is -2.33. The molecule has 1 aromatic carbocycles. The number of carbonyl (C=O) groups excluding carboxylic acids is 2. The van der Waals surface area contributed by atoms with Gasteiger partial charge < -0.3 is 10.6 Å². The van der Waals surface area contributed by atoms with Crippen LogP contribution in [-0.4, -0.2) is 51.6 Å². The van der Waals surface area contributed by atoms with Crippen molar-refractivity contribution >= 4 is 23.3 Å². The summed E-state index contributed by atoms with van der Waals surface area (Å²) >= 11 is 0. The molecule has 0 spiro atoms. The summed E-state index contributed by atoms with van der Waals surface area (Å²) < 4.78 is 14.3. The lowest BCUT2D eigenvalue weighted by molar-refractivity contribution is -0.239. The quantitative estimate of drug-likeness (QED) is 0.631. The molecule has 33 heavy (non-hydrogen) atoms. The molecule has 1 aliphatic heterocycles. The molecule has 0 bridgehead atoms. The van der Waals surface area contributed by atoms with Crippen molar-refractivity contribution in [3.8, 4) is 0 Å². The van der Waals surface area contributed by atoms with Crippen LogP contribution in [0.15, 0.2) is 36.5 Å². The van der Waals surface area contributed by atoms with E-state index in [1.807, 2.05) is 27.7 Å². The van der Waals surface area contributed by atoms with Crippen molar-refractivity contribution in [2.75, 3.05) is 23.7 Å². The third kappa shape index (κ3) is 7.23. The van der Waals surface area contributed by atoms with Crippen LogP contribution in [0.2, 0.25) is 0 Å². The average Bonchev–Trinajstić information content (AvgIpc) is 3.17. The highest BCUT2D eigenvalue weighted by Crippen LogP contribution is 2.24. The van der Waals surface area contributed by atoms with Gasteiger partial charge in [0.1, 0.15) is 5.82 Å². The van der Waals surface area contributed by atoms with Crippen LogP contribution in [-0.2, 0) is 16.2 Å². The van der Waals surface area contributed by atoms with Gasteiger partial charge in [-0.2, -0.15) is 0 Å². The molecular formula is C24H32FN5O3. The standard InChI is InChI=1S/C24H32FN5O3/c1-16-6-8-19(13-26-16)27-23(32)28-22-12-18(7-9-21(22)25)14-29-11-10-20(15-29)30(17(2)31)33-24(3,4)5/h6-9,12-13,20H,10-11,14-15H2,1-5H3,(H2,27,28,32)/t20-/m1/s1. The fraction of sp³-hybridized carbons (Fsp3) is 0.458. The number of hydroxylamine groups is 2. The third-order valence-electron chi connectivity index (χ3n) is 5.12. The topological polar surface area (TPSA) is 86.8 Å². The molecule has 2 N–H and O–H groups in total. The molecule has 1 aromatic heterocycles. The molecule has 1 aliphatic rings. The number of halogens is 1. The van der Waals surface area contributed by atoms with E-state index in [1.54, 1.807) is 30.5 Å². The van der Waals surface area contributed by atoms with E-state index in [9.17, 15) is 14.0 Å². The molecule has 1 saturated heterocycles. The van der Waals surface area contributed by atoms with Gasteiger partial charge in [-0.3, -0.25) is 19.5 Å². The summed E-state index contributed by atoms with van der Waals surface area (Å²) in [5.74, 6) is -0.642. The molecule has 0 aliphatic carbocycles. The summed E-state index contributed by atoms with van der Waals surface area (Å²) in [4.78, 5) is 36.6. The maximum absolute atomic E-state index is 14.3. The largest absolute Gasteiger partial charge is 0.323 e. The van der Waals surface area contributed by atoms with Gasteiger partial charge in [-0.15, -0.1) is 0 Å². The predicted molar refractivity (Wildman–Crippen MR) is 125 cm³/mol. The molecule has 1 atom stereocenters. The van der Waals surface area contributed by atoms with Gasteiger partial charge >= 0.3 is 6.03 Å². The number of likely N-dealkylation sites (tertiary alicyclic amines) is 1. The number of amides is 3. The average molecular weight is 458 g/mol. The second-order valence-corrected chi connectivity index (χ2v) is 9.31. The SMILES string of the molecule is CC(=O)N(OC(C)(C)C)[C@@H]1CCN(Cc2ccc(F)c(NC(=O)Nc3ccc(C)nc3)c2)C1. The van der Waals surface area contributed by atoms with E-state index < -0.39 is 17.4 Å². The van der Waals surface area contributed by atoms with Crippen LogP contribution in [0.4, 0.5) is 20.6 Å². The number of rotatable bonds is 6. The number of carbonyl (C=O) groups is 2. The Hall–Kier alpha value is -3.04. The number of nitrogens with one attached hydrogen (secondary N) is 2. The van der Waals surface area contributed by atoms with Crippen molar-refractivity contribution in [1.82, 2.24) is 14.9 Å². The summed E-state index contributed by atoms with van der Waals surface area (Å²) in [7, 11) is 0. The molecule has 0 unspecified atom stereocenters. The second-order valence-electron chi connectivity index (χ2n) is 9.31. The Morgan fingerprint density at radius 3 is 2.64 bits per heavy atom. The van der Waals surface area contributed by atoms with E-state index in [0.29, 0.717) is 18.8 Å². The van der Waals surface area contributed by atoms with E-state index in [1.165, 1.54) is 18.1 Å². The van der Waals surface area contributed by atoms with Crippen LogP contribution < -0.4 is 10.6 Å². The number of nitrogens with zero attached hydrogens (tertiary/aromatic N) is 3. The molecular weight excluding hydrogens is 425 g/mol. The Bertz CT molecular complexity index is 991. The zero-order valence-corrected chi connectivity index (χ0v) is 19.8. The Kier molecular flexibility index (Phi) is 7.65. The Morgan fingerprint density at radius 1 is 1.24 bits per heavy atom. The van der Waals surface area contributed by atoms with Crippen molar-refractivity contribution in [2.24, 2.45) is 0 Å². The number of aromatic nitrogens is 1. The maximum atomic E-state index is 14.3. The number of hydrogen-bond acceptors (Lipinski definition) is 5. The smallest absolute Gasteiger partial charge is 0.306 e. The first-order chi connectivity index (χ1) is 15.5. The summed E-state index contributed by atoms with van der Waals surface area (Å²) in [6, 6.07) is 7.58. The minimum Gasteiger partial charge on any atom is -0.306 e. The lowest BCUT2D eigenvalue weighted by Crippen LogP contribution is -2.45. The number of anilines is 2. The first kappa shape index (κ1) is 24.6. The minimum atomic E-state index is -0.547. The number of hydrogen-bond donors (Lipinski definition) is 2. The predicted octanol–water partition coefficient (Wildman–Crippen LogP) is 4.33. The van der Waals surface area contributed by atoms with Crippen molar-refractivity contribution < 1.29 is 18.8 Å². The third-order valence-corrected chi connectivity index (χ3v) is 5.12. The van der Waals surface area contributed by atoms with E-state index in [0.717, 1.165) is 24.2 Å². The molecule has 1 fully saturated rings. The Morgan fingerprint density at radius 2 is 2.00 bits per heavy atom. The van der Waals surface area contributed by atoms with Crippen LogP contribution >= 0.6 is 0 Å². The van der Waals surface area contributed by atoms with Crippen molar-refractivity contribution in [3.63, 3.8) is 0 Å². The first-order valence-corrected chi connectivity index (χ1v) is 11.0. The number of aryl methyl sites for hydroxylation is 1. The Balaban J connectivity index is 1.61. The molecule has 0 saturated carbocycles. The van der Waals surface area contributed by atoms with Crippen LogP contribution in [0, 0.1) is 12.7 Å². The van der Waals surface area contributed by atoms with Gasteiger partial charge in [-0.1, -0.05) is 6.07 Å². The fourth-order valence-electron chi connectivity index (χ4n) is 3.69. The zero-order valence-electron chi connectivity index (χ0n) is 19.8. The van der Waals surface area contributed by atoms with Crippen LogP contribution in [0.1, 0.15) is 45.4 Å². The molecule has 2 heterocycles. The van der Waals surface area contributed by atoms with E-state index in [4.69, 9.17) is 4.84 Å². The first-order valence-electron chi connectivity index (χ1n) is 11.0. The number of pyridine rings is 1. The molecule has 3 rings (SSSR count). The van der Waals surface area contributed by atoms with E-state index in [2.05, 4.69) is 20.5 Å². The normalized spacial score (nSPS) is 16.5. The lowest BCUT2D eigenvalue weighted by atomic mass is 10.2. The highest BCUT2D eigenvalue weighted by Gasteiger charge is 2.32. The minimum absolute atomic E-state index is 0.0475. The molecule has 2 aromatic rings. The number of benzene rings is 1. The van der Waals surface area contributed by atoms with Gasteiger partial charge in [-0.05, 0) is 63.9 Å². The fourth-order valence-corrected chi connectivity index (χ4v) is 3.69. The summed E-state index contributed by atoms with van der Waals surface area (Å²) in [6.07, 6.45) is 2.33.